The predicted octanol–water partition coefficient (Wildman–Crippen LogP) is 4.68. The highest BCUT2D eigenvalue weighted by Crippen LogP contribution is 2.46. The lowest BCUT2D eigenvalue weighted by Gasteiger charge is -2.32. The molecule has 0 radical (unpaired) electrons. The third kappa shape index (κ3) is 4.77. The SMILES string of the molecule is COP(=O)(C/C=C(C)\C=C\C1=C(C)C(=O)CCC1(C)C)OC. The van der Waals surface area contributed by atoms with Crippen LogP contribution in [0.15, 0.2) is 34.9 Å². The van der Waals surface area contributed by atoms with Crippen molar-refractivity contribution in [1.29, 1.82) is 0 Å². The topological polar surface area (TPSA) is 52.6 Å². The van der Waals surface area contributed by atoms with Gasteiger partial charge in [0.2, 0.25) is 0 Å². The largest absolute Gasteiger partial charge is 0.333 e. The third-order valence-electron chi connectivity index (χ3n) is 4.23. The number of hydrogen-bond acceptors (Lipinski definition) is 4. The summed E-state index contributed by atoms with van der Waals surface area (Å²) in [6.45, 7) is 8.14. The van der Waals surface area contributed by atoms with Crippen LogP contribution in [0.1, 0.15) is 40.5 Å². The molecule has 0 saturated carbocycles. The monoisotopic (exact) mass is 326 g/mol. The minimum absolute atomic E-state index is 0.00310. The molecule has 0 saturated heterocycles. The molecule has 22 heavy (non-hydrogen) atoms. The van der Waals surface area contributed by atoms with Crippen LogP contribution in [-0.2, 0) is 18.4 Å². The van der Waals surface area contributed by atoms with Crippen molar-refractivity contribution in [2.45, 2.75) is 40.5 Å². The van der Waals surface area contributed by atoms with Gasteiger partial charge >= 0.3 is 7.60 Å². The number of rotatable bonds is 6. The molecule has 0 aromatic carbocycles. The van der Waals surface area contributed by atoms with Crippen molar-refractivity contribution >= 4 is 13.4 Å². The Kier molecular flexibility index (Phi) is 6.54. The van der Waals surface area contributed by atoms with Gasteiger partial charge in [-0.15, -0.1) is 0 Å². The molecule has 0 amide bonds. The van der Waals surface area contributed by atoms with Gasteiger partial charge in [-0.25, -0.2) is 0 Å². The van der Waals surface area contributed by atoms with Crippen LogP contribution in [0.4, 0.5) is 0 Å². The molecule has 1 aliphatic carbocycles. The second-order valence-electron chi connectivity index (χ2n) is 6.29. The van der Waals surface area contributed by atoms with Crippen LogP contribution in [0.2, 0.25) is 0 Å². The van der Waals surface area contributed by atoms with Crippen LogP contribution in [0.25, 0.3) is 0 Å². The lowest BCUT2D eigenvalue weighted by Crippen LogP contribution is -2.24. The molecule has 0 bridgehead atoms. The Morgan fingerprint density at radius 2 is 1.91 bits per heavy atom. The zero-order chi connectivity index (χ0) is 17.0. The Morgan fingerprint density at radius 1 is 1.32 bits per heavy atom. The Morgan fingerprint density at radius 3 is 2.45 bits per heavy atom. The van der Waals surface area contributed by atoms with E-state index in [4.69, 9.17) is 9.05 Å². The van der Waals surface area contributed by atoms with Crippen molar-refractivity contribution in [2.75, 3.05) is 20.4 Å². The molecule has 0 aliphatic heterocycles. The number of allylic oxidation sites excluding steroid dienone is 6. The summed E-state index contributed by atoms with van der Waals surface area (Å²) >= 11 is 0. The quantitative estimate of drug-likeness (QED) is 0.525. The Bertz CT molecular complexity index is 559. The van der Waals surface area contributed by atoms with E-state index in [1.54, 1.807) is 0 Å². The minimum Gasteiger partial charge on any atom is -0.312 e. The van der Waals surface area contributed by atoms with E-state index in [-0.39, 0.29) is 17.4 Å². The summed E-state index contributed by atoms with van der Waals surface area (Å²) in [5.74, 6) is 0.226. The fourth-order valence-electron chi connectivity index (χ4n) is 2.52. The van der Waals surface area contributed by atoms with E-state index >= 15 is 0 Å². The first kappa shape index (κ1) is 19.1. The third-order valence-corrected chi connectivity index (χ3v) is 5.98. The number of carbonyl (C=O) groups excluding carboxylic acids is 1. The first-order valence-electron chi connectivity index (χ1n) is 7.45. The van der Waals surface area contributed by atoms with Gasteiger partial charge in [0.15, 0.2) is 5.78 Å². The zero-order valence-corrected chi connectivity index (χ0v) is 15.3. The highest BCUT2D eigenvalue weighted by Gasteiger charge is 2.30. The molecule has 0 fully saturated rings. The number of carbonyl (C=O) groups is 1. The molecule has 4 nitrogen and oxygen atoms in total. The van der Waals surface area contributed by atoms with E-state index in [0.29, 0.717) is 6.42 Å². The van der Waals surface area contributed by atoms with Crippen LogP contribution in [-0.4, -0.2) is 26.2 Å². The average molecular weight is 326 g/mol. The lowest BCUT2D eigenvalue weighted by atomic mass is 9.72. The summed E-state index contributed by atoms with van der Waals surface area (Å²) < 4.78 is 21.8. The molecule has 0 spiro atoms. The van der Waals surface area contributed by atoms with E-state index in [1.165, 1.54) is 14.2 Å². The minimum atomic E-state index is -3.01. The number of Topliss-reactive ketones (excluding diaryl/α,β-unsaturated/α-hetero) is 1. The first-order chi connectivity index (χ1) is 10.1. The summed E-state index contributed by atoms with van der Waals surface area (Å²) in [7, 11) is -0.250. The molecule has 0 heterocycles. The summed E-state index contributed by atoms with van der Waals surface area (Å²) in [5, 5.41) is 0. The lowest BCUT2D eigenvalue weighted by molar-refractivity contribution is -0.116. The van der Waals surface area contributed by atoms with Gasteiger partial charge in [-0.1, -0.05) is 37.6 Å². The molecule has 0 aromatic rings. The average Bonchev–Trinajstić information content (AvgIpc) is 2.48. The van der Waals surface area contributed by atoms with Gasteiger partial charge in [0.25, 0.3) is 0 Å². The smallest absolute Gasteiger partial charge is 0.312 e. The molecule has 0 unspecified atom stereocenters. The summed E-state index contributed by atoms with van der Waals surface area (Å²) in [6, 6.07) is 0. The van der Waals surface area contributed by atoms with Gasteiger partial charge in [-0.2, -0.15) is 0 Å². The first-order valence-corrected chi connectivity index (χ1v) is 9.18. The van der Waals surface area contributed by atoms with Crippen molar-refractivity contribution in [3.05, 3.63) is 34.9 Å². The molecule has 1 aliphatic rings. The zero-order valence-electron chi connectivity index (χ0n) is 14.4. The molecular weight excluding hydrogens is 299 g/mol. The summed E-state index contributed by atoms with van der Waals surface area (Å²) in [6.07, 6.45) is 7.51. The van der Waals surface area contributed by atoms with E-state index in [9.17, 15) is 9.36 Å². The van der Waals surface area contributed by atoms with Crippen molar-refractivity contribution in [1.82, 2.24) is 0 Å². The summed E-state index contributed by atoms with van der Waals surface area (Å²) in [5.41, 5.74) is 2.89. The van der Waals surface area contributed by atoms with Crippen molar-refractivity contribution < 1.29 is 18.4 Å². The summed E-state index contributed by atoms with van der Waals surface area (Å²) in [4.78, 5) is 11.9. The fourth-order valence-corrected chi connectivity index (χ4v) is 3.48. The van der Waals surface area contributed by atoms with Gasteiger partial charge < -0.3 is 9.05 Å². The van der Waals surface area contributed by atoms with Crippen molar-refractivity contribution in [3.63, 3.8) is 0 Å². The van der Waals surface area contributed by atoms with Gasteiger partial charge in [0.05, 0.1) is 6.16 Å². The Hall–Kier alpha value is -0.960. The highest BCUT2D eigenvalue weighted by molar-refractivity contribution is 7.54. The maximum atomic E-state index is 12.0. The molecule has 0 aromatic heterocycles. The number of hydrogen-bond donors (Lipinski definition) is 0. The van der Waals surface area contributed by atoms with E-state index in [0.717, 1.165) is 23.1 Å². The fraction of sp³-hybridized carbons (Fsp3) is 0.588. The molecular formula is C17H27O4P. The van der Waals surface area contributed by atoms with Crippen LogP contribution in [0, 0.1) is 5.41 Å². The van der Waals surface area contributed by atoms with E-state index < -0.39 is 7.60 Å². The van der Waals surface area contributed by atoms with Gasteiger partial charge in [-0.3, -0.25) is 9.36 Å². The van der Waals surface area contributed by atoms with Crippen LogP contribution >= 0.6 is 7.60 Å². The predicted molar refractivity (Wildman–Crippen MR) is 90.1 cm³/mol. The van der Waals surface area contributed by atoms with Gasteiger partial charge in [-0.05, 0) is 36.8 Å². The Balaban J connectivity index is 2.93. The molecule has 124 valence electrons. The number of ketones is 1. The van der Waals surface area contributed by atoms with Gasteiger partial charge in [0.1, 0.15) is 0 Å². The van der Waals surface area contributed by atoms with Crippen molar-refractivity contribution in [2.24, 2.45) is 5.41 Å². The van der Waals surface area contributed by atoms with E-state index in [2.05, 4.69) is 13.8 Å². The Labute approximate surface area is 133 Å². The maximum absolute atomic E-state index is 12.0. The van der Waals surface area contributed by atoms with Crippen LogP contribution in [0.5, 0.6) is 0 Å². The molecule has 0 atom stereocenters. The van der Waals surface area contributed by atoms with Crippen LogP contribution in [0.3, 0.4) is 0 Å². The highest BCUT2D eigenvalue weighted by atomic mass is 31.2. The van der Waals surface area contributed by atoms with E-state index in [1.807, 2.05) is 32.1 Å². The molecule has 0 N–H and O–H groups in total. The normalized spacial score (nSPS) is 20.1. The second-order valence-corrected chi connectivity index (χ2v) is 8.60. The maximum Gasteiger partial charge on any atom is 0.333 e. The molecule has 1 rings (SSSR count). The standard InChI is InChI=1S/C17H27O4P/c1-13(10-12-22(19,20-5)21-6)7-8-15-14(2)16(18)9-11-17(15,3)4/h7-8,10H,9,11-12H2,1-6H3/b8-7+,13-10-. The van der Waals surface area contributed by atoms with Crippen molar-refractivity contribution in [3.8, 4) is 0 Å². The van der Waals surface area contributed by atoms with Gasteiger partial charge in [0, 0.05) is 20.6 Å². The van der Waals surface area contributed by atoms with Crippen LogP contribution < -0.4 is 0 Å². The second kappa shape index (κ2) is 7.54. The molecule has 5 heteroatoms.